The maximum absolute atomic E-state index is 13.2. The Morgan fingerprint density at radius 1 is 1.16 bits per heavy atom. The van der Waals surface area contributed by atoms with Crippen molar-refractivity contribution in [2.75, 3.05) is 0 Å². The maximum atomic E-state index is 13.2. The molecule has 0 spiro atoms. The monoisotopic (exact) mass is 311 g/mol. The van der Waals surface area contributed by atoms with E-state index in [0.717, 1.165) is 26.4 Å². The van der Waals surface area contributed by atoms with E-state index in [-0.39, 0.29) is 5.82 Å². The highest BCUT2D eigenvalue weighted by Gasteiger charge is 2.09. The fraction of sp³-hybridized carbons (Fsp3) is 0.0714. The standard InChI is InChI=1S/C14H8Cl2FNS/c15-7-9-2-1-8(5-11(9)16)14-18-12-4-3-10(17)6-13(12)19-14/h1-6H,7H2. The Kier molecular flexibility index (Phi) is 3.44. The molecule has 0 fully saturated rings. The van der Waals surface area contributed by atoms with Gasteiger partial charge in [0.1, 0.15) is 10.8 Å². The van der Waals surface area contributed by atoms with Gasteiger partial charge in [-0.3, -0.25) is 0 Å². The lowest BCUT2D eigenvalue weighted by Crippen LogP contribution is -1.82. The highest BCUT2D eigenvalue weighted by Crippen LogP contribution is 2.32. The van der Waals surface area contributed by atoms with Gasteiger partial charge in [-0.25, -0.2) is 9.37 Å². The molecule has 1 heterocycles. The normalized spacial score (nSPS) is 11.1. The summed E-state index contributed by atoms with van der Waals surface area (Å²) in [6.45, 7) is 0. The van der Waals surface area contributed by atoms with Crippen molar-refractivity contribution in [1.82, 2.24) is 4.98 Å². The first-order valence-corrected chi connectivity index (χ1v) is 7.31. The number of rotatable bonds is 2. The van der Waals surface area contributed by atoms with Crippen molar-refractivity contribution >= 4 is 44.8 Å². The van der Waals surface area contributed by atoms with E-state index < -0.39 is 0 Å². The van der Waals surface area contributed by atoms with Gasteiger partial charge in [0.25, 0.3) is 0 Å². The molecule has 0 aliphatic carbocycles. The molecule has 1 aromatic heterocycles. The molecule has 3 aromatic rings. The highest BCUT2D eigenvalue weighted by molar-refractivity contribution is 7.21. The molecule has 0 atom stereocenters. The van der Waals surface area contributed by atoms with E-state index in [1.54, 1.807) is 6.07 Å². The molecule has 0 aliphatic heterocycles. The summed E-state index contributed by atoms with van der Waals surface area (Å²) < 4.78 is 14.0. The van der Waals surface area contributed by atoms with Crippen LogP contribution in [0.5, 0.6) is 0 Å². The average Bonchev–Trinajstić information content (AvgIpc) is 2.81. The van der Waals surface area contributed by atoms with Gasteiger partial charge >= 0.3 is 0 Å². The van der Waals surface area contributed by atoms with Crippen LogP contribution in [0.15, 0.2) is 36.4 Å². The van der Waals surface area contributed by atoms with E-state index in [1.807, 2.05) is 18.2 Å². The Hall–Kier alpha value is -1.16. The lowest BCUT2D eigenvalue weighted by atomic mass is 10.1. The topological polar surface area (TPSA) is 12.9 Å². The average molecular weight is 312 g/mol. The molecule has 5 heteroatoms. The van der Waals surface area contributed by atoms with Crippen molar-refractivity contribution in [2.24, 2.45) is 0 Å². The first kappa shape index (κ1) is 12.9. The SMILES string of the molecule is Fc1ccc2nc(-c3ccc(CCl)c(Cl)c3)sc2c1. The van der Waals surface area contributed by atoms with Gasteiger partial charge < -0.3 is 0 Å². The predicted molar refractivity (Wildman–Crippen MR) is 79.6 cm³/mol. The van der Waals surface area contributed by atoms with Gasteiger partial charge in [-0.1, -0.05) is 23.7 Å². The van der Waals surface area contributed by atoms with Crippen molar-refractivity contribution in [3.63, 3.8) is 0 Å². The molecule has 96 valence electrons. The number of aromatic nitrogens is 1. The number of halogens is 3. The van der Waals surface area contributed by atoms with E-state index in [2.05, 4.69) is 4.98 Å². The van der Waals surface area contributed by atoms with Crippen molar-refractivity contribution < 1.29 is 4.39 Å². The number of hydrogen-bond donors (Lipinski definition) is 0. The summed E-state index contributed by atoms with van der Waals surface area (Å²) in [5.74, 6) is 0.127. The third-order valence-electron chi connectivity index (χ3n) is 2.79. The second-order valence-corrected chi connectivity index (χ2v) is 5.78. The summed E-state index contributed by atoms with van der Waals surface area (Å²) in [5.41, 5.74) is 2.60. The number of alkyl halides is 1. The fourth-order valence-electron chi connectivity index (χ4n) is 1.81. The van der Waals surface area contributed by atoms with E-state index in [4.69, 9.17) is 23.2 Å². The Bertz CT molecular complexity index is 754. The van der Waals surface area contributed by atoms with Crippen LogP contribution in [-0.4, -0.2) is 4.98 Å². The molecule has 0 saturated heterocycles. The minimum Gasteiger partial charge on any atom is -0.236 e. The molecule has 2 aromatic carbocycles. The molecule has 0 saturated carbocycles. The summed E-state index contributed by atoms with van der Waals surface area (Å²) in [5, 5.41) is 1.45. The highest BCUT2D eigenvalue weighted by atomic mass is 35.5. The molecule has 0 aliphatic rings. The minimum absolute atomic E-state index is 0.252. The van der Waals surface area contributed by atoms with Crippen LogP contribution in [0.1, 0.15) is 5.56 Å². The zero-order chi connectivity index (χ0) is 13.4. The van der Waals surface area contributed by atoms with Crippen LogP contribution in [0.3, 0.4) is 0 Å². The van der Waals surface area contributed by atoms with E-state index >= 15 is 0 Å². The molecule has 0 amide bonds. The number of nitrogens with zero attached hydrogens (tertiary/aromatic N) is 1. The molecule has 0 radical (unpaired) electrons. The third kappa shape index (κ3) is 2.46. The molecular weight excluding hydrogens is 304 g/mol. The molecule has 0 N–H and O–H groups in total. The summed E-state index contributed by atoms with van der Waals surface area (Å²) in [6, 6.07) is 10.2. The Balaban J connectivity index is 2.11. The molecule has 3 rings (SSSR count). The lowest BCUT2D eigenvalue weighted by Gasteiger charge is -2.01. The zero-order valence-corrected chi connectivity index (χ0v) is 12.0. The van der Waals surface area contributed by atoms with Crippen molar-refractivity contribution in [3.05, 3.63) is 52.8 Å². The van der Waals surface area contributed by atoms with Crippen LogP contribution in [0.2, 0.25) is 5.02 Å². The summed E-state index contributed by atoms with van der Waals surface area (Å²) >= 11 is 13.4. The van der Waals surface area contributed by atoms with Crippen LogP contribution in [0.25, 0.3) is 20.8 Å². The van der Waals surface area contributed by atoms with Gasteiger partial charge in [-0.15, -0.1) is 22.9 Å². The maximum Gasteiger partial charge on any atom is 0.124 e. The second-order valence-electron chi connectivity index (χ2n) is 4.07. The number of benzene rings is 2. The van der Waals surface area contributed by atoms with Crippen molar-refractivity contribution in [2.45, 2.75) is 5.88 Å². The Labute approximate surface area is 123 Å². The van der Waals surface area contributed by atoms with Crippen molar-refractivity contribution in [1.29, 1.82) is 0 Å². The van der Waals surface area contributed by atoms with Crippen LogP contribution in [-0.2, 0) is 5.88 Å². The first-order valence-electron chi connectivity index (χ1n) is 5.58. The van der Waals surface area contributed by atoms with Gasteiger partial charge in [0, 0.05) is 16.5 Å². The quantitative estimate of drug-likeness (QED) is 0.570. The second kappa shape index (κ2) is 5.08. The third-order valence-corrected chi connectivity index (χ3v) is 4.50. The summed E-state index contributed by atoms with van der Waals surface area (Å²) in [7, 11) is 0. The zero-order valence-electron chi connectivity index (χ0n) is 9.66. The lowest BCUT2D eigenvalue weighted by molar-refractivity contribution is 0.630. The number of hydrogen-bond acceptors (Lipinski definition) is 2. The van der Waals surface area contributed by atoms with E-state index in [0.29, 0.717) is 10.9 Å². The molecule has 0 bridgehead atoms. The molecule has 19 heavy (non-hydrogen) atoms. The number of thiazole rings is 1. The van der Waals surface area contributed by atoms with Gasteiger partial charge in [-0.05, 0) is 29.8 Å². The fourth-order valence-corrected chi connectivity index (χ4v) is 3.35. The Morgan fingerprint density at radius 3 is 2.74 bits per heavy atom. The van der Waals surface area contributed by atoms with Gasteiger partial charge in [0.05, 0.1) is 10.2 Å². The van der Waals surface area contributed by atoms with Gasteiger partial charge in [-0.2, -0.15) is 0 Å². The predicted octanol–water partition coefficient (Wildman–Crippen LogP) is 5.49. The van der Waals surface area contributed by atoms with Crippen LogP contribution in [0.4, 0.5) is 4.39 Å². The van der Waals surface area contributed by atoms with Crippen molar-refractivity contribution in [3.8, 4) is 10.6 Å². The Morgan fingerprint density at radius 2 is 2.00 bits per heavy atom. The summed E-state index contributed by atoms with van der Waals surface area (Å²) in [6.07, 6.45) is 0. The van der Waals surface area contributed by atoms with E-state index in [9.17, 15) is 4.39 Å². The van der Waals surface area contributed by atoms with E-state index in [1.165, 1.54) is 23.5 Å². The molecule has 0 unspecified atom stereocenters. The largest absolute Gasteiger partial charge is 0.236 e. The van der Waals surface area contributed by atoms with Crippen LogP contribution < -0.4 is 0 Å². The van der Waals surface area contributed by atoms with Crippen LogP contribution >= 0.6 is 34.5 Å². The molecular formula is C14H8Cl2FNS. The number of fused-ring (bicyclic) bond motifs is 1. The molecule has 1 nitrogen and oxygen atoms in total. The van der Waals surface area contributed by atoms with Gasteiger partial charge in [0.2, 0.25) is 0 Å². The van der Waals surface area contributed by atoms with Gasteiger partial charge in [0.15, 0.2) is 0 Å². The minimum atomic E-state index is -0.252. The van der Waals surface area contributed by atoms with Crippen LogP contribution in [0, 0.1) is 5.82 Å². The smallest absolute Gasteiger partial charge is 0.124 e. The summed E-state index contributed by atoms with van der Waals surface area (Å²) in [4.78, 5) is 4.48. The first-order chi connectivity index (χ1) is 9.17.